The van der Waals surface area contributed by atoms with Crippen molar-refractivity contribution in [3.05, 3.63) is 11.7 Å². The molecule has 3 unspecified atom stereocenters. The highest BCUT2D eigenvalue weighted by Crippen LogP contribution is 2.27. The Bertz CT molecular complexity index is 401. The third-order valence-electron chi connectivity index (χ3n) is 4.41. The lowest BCUT2D eigenvalue weighted by Gasteiger charge is -2.27. The van der Waals surface area contributed by atoms with Crippen LogP contribution in [-0.2, 0) is 11.2 Å². The second-order valence-electron chi connectivity index (χ2n) is 5.87. The standard InChI is InChI=1S/C14H23N3O2/c15-12-6-2-1-4-10(12)8-13-16-14(17-19-13)11-5-3-7-18-9-11/h10-12H,1-9,15H2. The van der Waals surface area contributed by atoms with E-state index < -0.39 is 0 Å². The first kappa shape index (κ1) is 13.1. The van der Waals surface area contributed by atoms with Gasteiger partial charge in [-0.25, -0.2) is 0 Å². The third-order valence-corrected chi connectivity index (χ3v) is 4.41. The zero-order valence-corrected chi connectivity index (χ0v) is 11.4. The molecule has 0 aromatic carbocycles. The van der Waals surface area contributed by atoms with Gasteiger partial charge in [-0.3, -0.25) is 0 Å². The lowest BCUT2D eigenvalue weighted by molar-refractivity contribution is 0.0773. The van der Waals surface area contributed by atoms with E-state index in [1.807, 2.05) is 0 Å². The van der Waals surface area contributed by atoms with E-state index in [4.69, 9.17) is 15.0 Å². The molecule has 0 radical (unpaired) electrons. The van der Waals surface area contributed by atoms with Gasteiger partial charge in [-0.2, -0.15) is 4.98 Å². The summed E-state index contributed by atoms with van der Waals surface area (Å²) in [6.45, 7) is 1.58. The summed E-state index contributed by atoms with van der Waals surface area (Å²) in [5.74, 6) is 2.39. The Kier molecular flexibility index (Phi) is 4.13. The maximum Gasteiger partial charge on any atom is 0.226 e. The zero-order chi connectivity index (χ0) is 13.1. The van der Waals surface area contributed by atoms with Gasteiger partial charge in [0.1, 0.15) is 0 Å². The molecule has 3 rings (SSSR count). The quantitative estimate of drug-likeness (QED) is 0.905. The van der Waals surface area contributed by atoms with Crippen LogP contribution in [0.1, 0.15) is 56.2 Å². The van der Waals surface area contributed by atoms with Crippen LogP contribution in [0.4, 0.5) is 0 Å². The van der Waals surface area contributed by atoms with Crippen molar-refractivity contribution in [3.63, 3.8) is 0 Å². The first-order valence-electron chi connectivity index (χ1n) is 7.49. The van der Waals surface area contributed by atoms with Crippen LogP contribution in [0.2, 0.25) is 0 Å². The highest BCUT2D eigenvalue weighted by molar-refractivity contribution is 4.98. The minimum Gasteiger partial charge on any atom is -0.381 e. The van der Waals surface area contributed by atoms with Crippen molar-refractivity contribution < 1.29 is 9.26 Å². The summed E-state index contributed by atoms with van der Waals surface area (Å²) in [6, 6.07) is 0.294. The molecule has 2 aliphatic rings. The van der Waals surface area contributed by atoms with Gasteiger partial charge in [0, 0.05) is 25.0 Å². The molecule has 1 aromatic heterocycles. The van der Waals surface area contributed by atoms with Crippen LogP contribution in [0.5, 0.6) is 0 Å². The highest BCUT2D eigenvalue weighted by atomic mass is 16.5. The molecule has 0 bridgehead atoms. The SMILES string of the molecule is NC1CCCCC1Cc1nc(C2CCCOC2)no1. The number of ether oxygens (including phenoxy) is 1. The Hall–Kier alpha value is -0.940. The van der Waals surface area contributed by atoms with Gasteiger partial charge in [0.15, 0.2) is 5.82 Å². The largest absolute Gasteiger partial charge is 0.381 e. The molecule has 2 fully saturated rings. The predicted molar refractivity (Wildman–Crippen MR) is 70.7 cm³/mol. The molecule has 2 N–H and O–H groups in total. The highest BCUT2D eigenvalue weighted by Gasteiger charge is 2.26. The fourth-order valence-electron chi connectivity index (χ4n) is 3.18. The minimum atomic E-state index is 0.294. The molecule has 19 heavy (non-hydrogen) atoms. The van der Waals surface area contributed by atoms with Gasteiger partial charge >= 0.3 is 0 Å². The molecule has 1 aliphatic carbocycles. The second kappa shape index (κ2) is 6.01. The minimum absolute atomic E-state index is 0.294. The number of nitrogens with zero attached hydrogens (tertiary/aromatic N) is 2. The van der Waals surface area contributed by atoms with Crippen molar-refractivity contribution in [1.29, 1.82) is 0 Å². The Morgan fingerprint density at radius 1 is 1.16 bits per heavy atom. The number of rotatable bonds is 3. The third kappa shape index (κ3) is 3.15. The fourth-order valence-corrected chi connectivity index (χ4v) is 3.18. The molecule has 2 heterocycles. The van der Waals surface area contributed by atoms with Gasteiger partial charge in [-0.15, -0.1) is 0 Å². The lowest BCUT2D eigenvalue weighted by atomic mass is 9.83. The summed E-state index contributed by atoms with van der Waals surface area (Å²) in [4.78, 5) is 4.55. The summed E-state index contributed by atoms with van der Waals surface area (Å²) in [5.41, 5.74) is 6.17. The average molecular weight is 265 g/mol. The molecule has 3 atom stereocenters. The van der Waals surface area contributed by atoms with Gasteiger partial charge in [0.2, 0.25) is 5.89 Å². The van der Waals surface area contributed by atoms with Crippen molar-refractivity contribution in [3.8, 4) is 0 Å². The van der Waals surface area contributed by atoms with Crippen LogP contribution in [0, 0.1) is 5.92 Å². The normalized spacial score (nSPS) is 32.4. The molecule has 106 valence electrons. The number of hydrogen-bond acceptors (Lipinski definition) is 5. The molecule has 0 amide bonds. The summed E-state index contributed by atoms with van der Waals surface area (Å²) >= 11 is 0. The average Bonchev–Trinajstić information content (AvgIpc) is 2.91. The second-order valence-corrected chi connectivity index (χ2v) is 5.87. The van der Waals surface area contributed by atoms with E-state index in [2.05, 4.69) is 10.1 Å². The van der Waals surface area contributed by atoms with Gasteiger partial charge in [-0.05, 0) is 31.6 Å². The monoisotopic (exact) mass is 265 g/mol. The predicted octanol–water partition coefficient (Wildman–Crippen LogP) is 2.02. The van der Waals surface area contributed by atoms with Crippen molar-refractivity contribution in [2.24, 2.45) is 11.7 Å². The maximum atomic E-state index is 6.17. The molecule has 1 saturated carbocycles. The van der Waals surface area contributed by atoms with Crippen LogP contribution >= 0.6 is 0 Å². The molecule has 1 aliphatic heterocycles. The van der Waals surface area contributed by atoms with Crippen LogP contribution < -0.4 is 5.73 Å². The Morgan fingerprint density at radius 3 is 2.84 bits per heavy atom. The molecule has 5 heteroatoms. The maximum absolute atomic E-state index is 6.17. The topological polar surface area (TPSA) is 74.2 Å². The van der Waals surface area contributed by atoms with Crippen LogP contribution in [-0.4, -0.2) is 29.4 Å². The van der Waals surface area contributed by atoms with Gasteiger partial charge in [0.05, 0.1) is 6.61 Å². The first-order chi connectivity index (χ1) is 9.33. The summed E-state index contributed by atoms with van der Waals surface area (Å²) in [7, 11) is 0. The lowest BCUT2D eigenvalue weighted by Crippen LogP contribution is -2.34. The Labute approximate surface area is 113 Å². The van der Waals surface area contributed by atoms with E-state index in [-0.39, 0.29) is 0 Å². The van der Waals surface area contributed by atoms with Crippen molar-refractivity contribution in [1.82, 2.24) is 10.1 Å². The molecule has 0 spiro atoms. The molecule has 1 saturated heterocycles. The van der Waals surface area contributed by atoms with E-state index in [1.165, 1.54) is 19.3 Å². The van der Waals surface area contributed by atoms with E-state index in [0.717, 1.165) is 50.6 Å². The first-order valence-corrected chi connectivity index (χ1v) is 7.49. The molecular formula is C14H23N3O2. The molecular weight excluding hydrogens is 242 g/mol. The van der Waals surface area contributed by atoms with Crippen LogP contribution in [0.25, 0.3) is 0 Å². The van der Waals surface area contributed by atoms with Gasteiger partial charge in [-0.1, -0.05) is 18.0 Å². The van der Waals surface area contributed by atoms with Crippen LogP contribution in [0.3, 0.4) is 0 Å². The summed E-state index contributed by atoms with van der Waals surface area (Å²) in [5, 5.41) is 4.12. The van der Waals surface area contributed by atoms with E-state index >= 15 is 0 Å². The Balaban J connectivity index is 1.60. The van der Waals surface area contributed by atoms with Crippen molar-refractivity contribution >= 4 is 0 Å². The van der Waals surface area contributed by atoms with Gasteiger partial charge in [0.25, 0.3) is 0 Å². The van der Waals surface area contributed by atoms with E-state index in [1.54, 1.807) is 0 Å². The van der Waals surface area contributed by atoms with Gasteiger partial charge < -0.3 is 15.0 Å². The zero-order valence-electron chi connectivity index (χ0n) is 11.4. The van der Waals surface area contributed by atoms with E-state index in [9.17, 15) is 0 Å². The van der Waals surface area contributed by atoms with Crippen molar-refractivity contribution in [2.45, 2.75) is 56.9 Å². The van der Waals surface area contributed by atoms with Crippen LogP contribution in [0.15, 0.2) is 4.52 Å². The summed E-state index contributed by atoms with van der Waals surface area (Å²) < 4.78 is 10.9. The fraction of sp³-hybridized carbons (Fsp3) is 0.857. The number of nitrogens with two attached hydrogens (primary N) is 1. The molecule has 5 nitrogen and oxygen atoms in total. The summed E-state index contributed by atoms with van der Waals surface area (Å²) in [6.07, 6.45) is 7.86. The smallest absolute Gasteiger partial charge is 0.226 e. The number of hydrogen-bond donors (Lipinski definition) is 1. The van der Waals surface area contributed by atoms with Crippen molar-refractivity contribution in [2.75, 3.05) is 13.2 Å². The number of aromatic nitrogens is 2. The Morgan fingerprint density at radius 2 is 2.05 bits per heavy atom. The molecule has 1 aromatic rings. The van der Waals surface area contributed by atoms with E-state index in [0.29, 0.717) is 17.9 Å².